The fraction of sp³-hybridized carbons (Fsp3) is 0.364. The second-order valence-electron chi connectivity index (χ2n) is 6.58. The molecule has 0 bridgehead atoms. The summed E-state index contributed by atoms with van der Waals surface area (Å²) in [4.78, 5) is 12.5. The first-order chi connectivity index (χ1) is 14.0. The Morgan fingerprint density at radius 3 is 2.43 bits per heavy atom. The molecule has 30 heavy (non-hydrogen) atoms. The second kappa shape index (κ2) is 14.5. The Kier molecular flexibility index (Phi) is 12.9. The SMILES string of the molecule is Fc1ccc(SC[CH-]CCN2CCC(F)(F)C2)cc1.O=[C-]OCc1ccccc1.[Mn+2]. The molecule has 1 radical (unpaired) electrons. The number of hydrogen-bond donors (Lipinski definition) is 0. The van der Waals surface area contributed by atoms with Crippen molar-refractivity contribution in [3.63, 3.8) is 0 Å². The molecule has 0 aliphatic carbocycles. The summed E-state index contributed by atoms with van der Waals surface area (Å²) >= 11 is 1.62. The summed E-state index contributed by atoms with van der Waals surface area (Å²) < 4.78 is 43.0. The van der Waals surface area contributed by atoms with Gasteiger partial charge in [-0.1, -0.05) is 36.8 Å². The maximum atomic E-state index is 12.9. The van der Waals surface area contributed by atoms with Crippen LogP contribution < -0.4 is 0 Å². The van der Waals surface area contributed by atoms with Gasteiger partial charge in [0, 0.05) is 17.9 Å². The van der Waals surface area contributed by atoms with Crippen molar-refractivity contribution in [2.75, 3.05) is 25.4 Å². The zero-order chi connectivity index (χ0) is 21.0. The molecule has 1 heterocycles. The minimum absolute atomic E-state index is 0. The first kappa shape index (κ1) is 26.6. The van der Waals surface area contributed by atoms with Crippen molar-refractivity contribution >= 4 is 18.2 Å². The van der Waals surface area contributed by atoms with Crippen LogP contribution in [0, 0.1) is 12.2 Å². The van der Waals surface area contributed by atoms with Crippen LogP contribution in [0.5, 0.6) is 0 Å². The van der Waals surface area contributed by atoms with Crippen LogP contribution in [-0.2, 0) is 33.2 Å². The second-order valence-corrected chi connectivity index (χ2v) is 7.68. The average Bonchev–Trinajstić information content (AvgIpc) is 3.07. The number of likely N-dealkylation sites (tertiary alicyclic amines) is 1. The third kappa shape index (κ3) is 11.1. The molecule has 0 atom stereocenters. The van der Waals surface area contributed by atoms with E-state index < -0.39 is 5.92 Å². The average molecular weight is 478 g/mol. The number of rotatable bonds is 9. The van der Waals surface area contributed by atoms with Crippen LogP contribution in [0.3, 0.4) is 0 Å². The number of thioether (sulfide) groups is 1. The van der Waals surface area contributed by atoms with Crippen LogP contribution >= 0.6 is 11.8 Å². The Morgan fingerprint density at radius 1 is 1.13 bits per heavy atom. The molecule has 0 amide bonds. The van der Waals surface area contributed by atoms with Gasteiger partial charge in [-0.15, -0.1) is 5.75 Å². The fourth-order valence-electron chi connectivity index (χ4n) is 2.73. The molecular weight excluding hydrogens is 454 g/mol. The molecule has 0 spiro atoms. The van der Waals surface area contributed by atoms with Crippen LogP contribution in [-0.4, -0.2) is 42.7 Å². The molecule has 2 aromatic carbocycles. The molecule has 0 N–H and O–H groups in total. The van der Waals surface area contributed by atoms with E-state index in [2.05, 4.69) is 11.2 Å². The third-order valence-corrected chi connectivity index (χ3v) is 5.23. The molecule has 1 saturated heterocycles. The van der Waals surface area contributed by atoms with Gasteiger partial charge in [-0.3, -0.25) is 4.90 Å². The van der Waals surface area contributed by atoms with Crippen LogP contribution in [0.1, 0.15) is 18.4 Å². The van der Waals surface area contributed by atoms with E-state index in [1.807, 2.05) is 30.3 Å². The van der Waals surface area contributed by atoms with E-state index in [-0.39, 0.29) is 35.9 Å². The summed E-state index contributed by atoms with van der Waals surface area (Å²) in [5, 5.41) is 0. The monoisotopic (exact) mass is 478 g/mol. The summed E-state index contributed by atoms with van der Waals surface area (Å²) in [6, 6.07) is 15.8. The van der Waals surface area contributed by atoms with Gasteiger partial charge in [0.25, 0.3) is 5.92 Å². The Morgan fingerprint density at radius 2 is 1.83 bits per heavy atom. The number of ether oxygens (including phenoxy) is 1. The molecule has 0 unspecified atom stereocenters. The number of nitrogens with zero attached hydrogens (tertiary/aromatic N) is 1. The Labute approximate surface area is 190 Å². The summed E-state index contributed by atoms with van der Waals surface area (Å²) in [7, 11) is 0. The topological polar surface area (TPSA) is 29.5 Å². The number of carbonyl (C=O) groups excluding carboxylic acids is 1. The number of alkyl halides is 2. The molecule has 163 valence electrons. The van der Waals surface area contributed by atoms with E-state index in [1.165, 1.54) is 18.6 Å². The van der Waals surface area contributed by atoms with Gasteiger partial charge in [-0.25, -0.2) is 13.2 Å². The van der Waals surface area contributed by atoms with Gasteiger partial charge in [-0.2, -0.15) is 18.2 Å². The quantitative estimate of drug-likeness (QED) is 0.217. The first-order valence-electron chi connectivity index (χ1n) is 9.31. The summed E-state index contributed by atoms with van der Waals surface area (Å²) in [5.74, 6) is -1.91. The van der Waals surface area contributed by atoms with E-state index in [1.54, 1.807) is 28.8 Å². The molecule has 2 aromatic rings. The van der Waals surface area contributed by atoms with Crippen molar-refractivity contribution in [3.05, 3.63) is 72.4 Å². The summed E-state index contributed by atoms with van der Waals surface area (Å²) in [6.45, 7) is 2.76. The summed E-state index contributed by atoms with van der Waals surface area (Å²) in [6.07, 6.45) is 2.88. The summed E-state index contributed by atoms with van der Waals surface area (Å²) in [5.41, 5.74) is 0.978. The van der Waals surface area contributed by atoms with E-state index in [0.717, 1.165) is 22.6 Å². The molecular formula is C22H24F3MnNO2S. The molecule has 1 fully saturated rings. The first-order valence-corrected chi connectivity index (χ1v) is 10.3. The number of unbranched alkanes of at least 4 members (excludes halogenated alkanes) is 1. The van der Waals surface area contributed by atoms with Crippen molar-refractivity contribution in [1.29, 1.82) is 0 Å². The minimum atomic E-state index is -2.50. The van der Waals surface area contributed by atoms with Crippen LogP contribution in [0.2, 0.25) is 0 Å². The minimum Gasteiger partial charge on any atom is -0.650 e. The van der Waals surface area contributed by atoms with Crippen LogP contribution in [0.25, 0.3) is 0 Å². The smallest absolute Gasteiger partial charge is 0.650 e. The van der Waals surface area contributed by atoms with Crippen LogP contribution in [0.15, 0.2) is 59.5 Å². The third-order valence-electron chi connectivity index (χ3n) is 4.22. The normalized spacial score (nSPS) is 14.9. The largest absolute Gasteiger partial charge is 2.00 e. The Bertz CT molecular complexity index is 720. The number of benzene rings is 2. The van der Waals surface area contributed by atoms with Gasteiger partial charge in [0.1, 0.15) is 5.82 Å². The van der Waals surface area contributed by atoms with Crippen molar-refractivity contribution in [2.45, 2.75) is 30.3 Å². The standard InChI is InChI=1S/C14H17F3NS.C8H7O2.Mn/c15-12-3-5-13(6-4-12)19-10-2-1-8-18-9-7-14(16,17)11-18;9-7-10-6-8-4-2-1-3-5-8;/h2-6H,1,7-11H2;1-5H,6H2;/q2*-1;+2. The molecule has 1 aliphatic heterocycles. The van der Waals surface area contributed by atoms with E-state index in [0.29, 0.717) is 19.7 Å². The fourth-order valence-corrected chi connectivity index (χ4v) is 3.53. The van der Waals surface area contributed by atoms with E-state index >= 15 is 0 Å². The van der Waals surface area contributed by atoms with Crippen molar-refractivity contribution in [1.82, 2.24) is 4.90 Å². The van der Waals surface area contributed by atoms with Gasteiger partial charge >= 0.3 is 17.1 Å². The molecule has 8 heteroatoms. The molecule has 0 aromatic heterocycles. The van der Waals surface area contributed by atoms with Gasteiger partial charge in [-0.05, 0) is 36.4 Å². The zero-order valence-corrected chi connectivity index (χ0v) is 18.4. The molecule has 3 nitrogen and oxygen atoms in total. The Balaban J connectivity index is 0.000000348. The number of hydrogen-bond acceptors (Lipinski definition) is 4. The van der Waals surface area contributed by atoms with Gasteiger partial charge in [0.15, 0.2) is 0 Å². The Hall–Kier alpha value is -1.47. The maximum absolute atomic E-state index is 12.9. The maximum Gasteiger partial charge on any atom is 2.00 e. The van der Waals surface area contributed by atoms with E-state index in [9.17, 15) is 18.0 Å². The predicted molar refractivity (Wildman–Crippen MR) is 109 cm³/mol. The zero-order valence-electron chi connectivity index (χ0n) is 16.4. The van der Waals surface area contributed by atoms with Gasteiger partial charge in [0.2, 0.25) is 0 Å². The van der Waals surface area contributed by atoms with Crippen molar-refractivity contribution in [2.24, 2.45) is 0 Å². The van der Waals surface area contributed by atoms with Gasteiger partial charge < -0.3 is 16.0 Å². The van der Waals surface area contributed by atoms with E-state index in [4.69, 9.17) is 0 Å². The van der Waals surface area contributed by atoms with Crippen molar-refractivity contribution < 1.29 is 39.8 Å². The number of halogens is 3. The molecule has 1 aliphatic rings. The van der Waals surface area contributed by atoms with Crippen LogP contribution in [0.4, 0.5) is 13.2 Å². The molecule has 3 rings (SSSR count). The predicted octanol–water partition coefficient (Wildman–Crippen LogP) is 5.12. The molecule has 0 saturated carbocycles. The van der Waals surface area contributed by atoms with Gasteiger partial charge in [0.05, 0.1) is 13.2 Å². The van der Waals surface area contributed by atoms with Crippen molar-refractivity contribution in [3.8, 4) is 0 Å².